The second-order valence-corrected chi connectivity index (χ2v) is 16.2. The highest BCUT2D eigenvalue weighted by Crippen LogP contribution is 2.36. The number of esters is 2. The van der Waals surface area contributed by atoms with E-state index in [1.165, 1.54) is 42.3 Å². The third-order valence-corrected chi connectivity index (χ3v) is 9.53. The molecule has 0 saturated heterocycles. The summed E-state index contributed by atoms with van der Waals surface area (Å²) in [5.74, 6) is -2.23. The summed E-state index contributed by atoms with van der Waals surface area (Å²) >= 11 is 14.7. The van der Waals surface area contributed by atoms with Crippen LogP contribution < -0.4 is 10.6 Å². The highest BCUT2D eigenvalue weighted by Gasteiger charge is 2.46. The molecular weight excluding hydrogens is 639 g/mol. The van der Waals surface area contributed by atoms with E-state index in [4.69, 9.17) is 32.7 Å². The van der Waals surface area contributed by atoms with Crippen LogP contribution in [0.2, 0.25) is 0 Å². The van der Waals surface area contributed by atoms with Crippen LogP contribution in [0.1, 0.15) is 89.3 Å². The van der Waals surface area contributed by atoms with Crippen molar-refractivity contribution in [1.29, 1.82) is 0 Å². The Kier molecular flexibility index (Phi) is 11.6. The minimum Gasteiger partial charge on any atom is -0.456 e. The van der Waals surface area contributed by atoms with E-state index in [9.17, 15) is 24.3 Å². The van der Waals surface area contributed by atoms with Gasteiger partial charge in [0.15, 0.2) is 11.8 Å². The molecule has 3 heterocycles. The number of fused-ring (bicyclic) bond motifs is 3. The van der Waals surface area contributed by atoms with Crippen molar-refractivity contribution >= 4 is 75.1 Å². The lowest BCUT2D eigenvalue weighted by Crippen LogP contribution is -2.49. The van der Waals surface area contributed by atoms with Crippen molar-refractivity contribution in [2.75, 3.05) is 12.3 Å². The third kappa shape index (κ3) is 9.53. The van der Waals surface area contributed by atoms with Gasteiger partial charge in [0.05, 0.1) is 18.0 Å². The number of hydrogen-bond acceptors (Lipinski definition) is 11. The third-order valence-electron chi connectivity index (χ3n) is 7.13. The first-order valence-corrected chi connectivity index (χ1v) is 16.7. The molecule has 3 N–H and O–H groups in total. The lowest BCUT2D eigenvalue weighted by molar-refractivity contribution is -0.171. The number of nitrogens with one attached hydrogen (secondary N) is 2. The lowest BCUT2D eigenvalue weighted by Gasteiger charge is -2.36. The van der Waals surface area contributed by atoms with Gasteiger partial charge in [-0.15, -0.1) is 46.3 Å². The maximum atomic E-state index is 13.7. The molecule has 43 heavy (non-hydrogen) atoms. The van der Waals surface area contributed by atoms with Gasteiger partial charge in [-0.3, -0.25) is 19.4 Å². The Morgan fingerprint density at radius 3 is 2.44 bits per heavy atom. The number of ether oxygens (including phenoxy) is 2. The summed E-state index contributed by atoms with van der Waals surface area (Å²) in [5, 5.41) is 18.7. The zero-order valence-corrected chi connectivity index (χ0v) is 28.5. The molecule has 0 fully saturated rings. The molecule has 0 spiro atoms. The molecule has 11 nitrogen and oxygen atoms in total. The van der Waals surface area contributed by atoms with Gasteiger partial charge in [0.2, 0.25) is 11.8 Å². The number of amides is 2. The Hall–Kier alpha value is -1.93. The van der Waals surface area contributed by atoms with Crippen LogP contribution in [0.25, 0.3) is 0 Å². The molecule has 240 valence electrons. The lowest BCUT2D eigenvalue weighted by atomic mass is 9.83. The summed E-state index contributed by atoms with van der Waals surface area (Å²) in [6, 6.07) is -1.37. The number of aliphatic hydroxyl groups is 1. The smallest absolute Gasteiger partial charge is 0.358 e. The Balaban J connectivity index is 2.03. The van der Waals surface area contributed by atoms with Gasteiger partial charge < -0.3 is 25.2 Å². The van der Waals surface area contributed by atoms with Crippen molar-refractivity contribution in [3.8, 4) is 0 Å². The standard InChI is InChI=1S/C28H40Cl2N4O7S2/c1-14(2)19-22-33-16(13-42-22)24(37)40-17(9-8-10-28(7,29)30)26(3,4)25(38)41-20(27(5,6)39)23-32-15(12-43-23)21(36)31-11-18(35)34-19/h13-15,17,19-20,39H,8-12H2,1-7H3,(H,31,36)(H,34,35)/t15-,17-,19-,20+/m0/s1. The summed E-state index contributed by atoms with van der Waals surface area (Å²) in [7, 11) is 0. The molecule has 0 radical (unpaired) electrons. The molecule has 4 atom stereocenters. The van der Waals surface area contributed by atoms with Crippen LogP contribution in [-0.4, -0.2) is 79.4 Å². The fourth-order valence-corrected chi connectivity index (χ4v) is 6.98. The summed E-state index contributed by atoms with van der Waals surface area (Å²) in [5.41, 5.74) is -2.92. The number of thiazole rings is 1. The van der Waals surface area contributed by atoms with Crippen molar-refractivity contribution < 1.29 is 33.8 Å². The van der Waals surface area contributed by atoms with Gasteiger partial charge in [-0.25, -0.2) is 9.78 Å². The van der Waals surface area contributed by atoms with Gasteiger partial charge in [0.1, 0.15) is 32.1 Å². The highest BCUT2D eigenvalue weighted by molar-refractivity contribution is 8.14. The van der Waals surface area contributed by atoms with Crippen LogP contribution in [0.4, 0.5) is 0 Å². The molecule has 15 heteroatoms. The summed E-state index contributed by atoms with van der Waals surface area (Å²) in [6.45, 7) is 11.3. The minimum atomic E-state index is -1.56. The summed E-state index contributed by atoms with van der Waals surface area (Å²) in [6.07, 6.45) is -1.15. The molecule has 4 bridgehead atoms. The monoisotopic (exact) mass is 678 g/mol. The van der Waals surface area contributed by atoms with Crippen LogP contribution in [0.5, 0.6) is 0 Å². The molecule has 0 aromatic carbocycles. The van der Waals surface area contributed by atoms with Crippen LogP contribution in [0.15, 0.2) is 10.4 Å². The number of rotatable bonds is 6. The second-order valence-electron chi connectivity index (χ2n) is 12.4. The molecule has 2 amide bonds. The van der Waals surface area contributed by atoms with E-state index in [0.717, 1.165) is 0 Å². The molecule has 1 aromatic rings. The van der Waals surface area contributed by atoms with Crippen molar-refractivity contribution in [3.63, 3.8) is 0 Å². The maximum absolute atomic E-state index is 13.7. The predicted molar refractivity (Wildman–Crippen MR) is 168 cm³/mol. The molecule has 0 aliphatic carbocycles. The topological polar surface area (TPSA) is 156 Å². The zero-order valence-electron chi connectivity index (χ0n) is 25.4. The fraction of sp³-hybridized carbons (Fsp3) is 0.714. The summed E-state index contributed by atoms with van der Waals surface area (Å²) < 4.78 is 10.8. The van der Waals surface area contributed by atoms with E-state index < -0.39 is 63.4 Å². The van der Waals surface area contributed by atoms with E-state index in [-0.39, 0.29) is 35.4 Å². The van der Waals surface area contributed by atoms with E-state index in [1.807, 2.05) is 13.8 Å². The molecule has 0 unspecified atom stereocenters. The second kappa shape index (κ2) is 14.0. The van der Waals surface area contributed by atoms with Crippen molar-refractivity contribution in [2.45, 2.75) is 102 Å². The molecule has 3 rings (SSSR count). The van der Waals surface area contributed by atoms with Crippen molar-refractivity contribution in [2.24, 2.45) is 16.3 Å². The minimum absolute atomic E-state index is 0.0252. The average Bonchev–Trinajstić information content (AvgIpc) is 3.56. The number of cyclic esters (lactones) is 2. The van der Waals surface area contributed by atoms with E-state index in [1.54, 1.807) is 20.8 Å². The normalized spacial score (nSPS) is 26.0. The Bertz CT molecular complexity index is 1240. The first-order chi connectivity index (χ1) is 19.8. The van der Waals surface area contributed by atoms with E-state index in [0.29, 0.717) is 17.8 Å². The average molecular weight is 680 g/mol. The fourth-order valence-electron chi connectivity index (χ4n) is 4.46. The number of alkyl halides is 2. The first-order valence-electron chi connectivity index (χ1n) is 14.0. The number of carbonyl (C=O) groups is 4. The number of halogens is 2. The van der Waals surface area contributed by atoms with Gasteiger partial charge in [0.25, 0.3) is 0 Å². The van der Waals surface area contributed by atoms with Gasteiger partial charge in [-0.05, 0) is 59.8 Å². The van der Waals surface area contributed by atoms with Crippen LogP contribution >= 0.6 is 46.3 Å². The van der Waals surface area contributed by atoms with E-state index >= 15 is 0 Å². The molecule has 2 aliphatic heterocycles. The van der Waals surface area contributed by atoms with Gasteiger partial charge in [-0.2, -0.15) is 0 Å². The van der Waals surface area contributed by atoms with Gasteiger partial charge in [-0.1, -0.05) is 13.8 Å². The highest BCUT2D eigenvalue weighted by atomic mass is 35.5. The molecular formula is C28H40Cl2N4O7S2. The van der Waals surface area contributed by atoms with Gasteiger partial charge >= 0.3 is 11.9 Å². The molecule has 1 aromatic heterocycles. The quantitative estimate of drug-likeness (QED) is 0.296. The van der Waals surface area contributed by atoms with Crippen LogP contribution in [0.3, 0.4) is 0 Å². The summed E-state index contributed by atoms with van der Waals surface area (Å²) in [4.78, 5) is 61.7. The van der Waals surface area contributed by atoms with Gasteiger partial charge in [0, 0.05) is 11.1 Å². The van der Waals surface area contributed by atoms with Crippen LogP contribution in [0, 0.1) is 11.3 Å². The Morgan fingerprint density at radius 1 is 1.16 bits per heavy atom. The first kappa shape index (κ1) is 35.5. The zero-order chi connectivity index (χ0) is 32.3. The number of carbonyl (C=O) groups excluding carboxylic acids is 4. The SMILES string of the molecule is CC(C)[C@@H]1NC(=O)CNC(=O)[C@@H]2CSC(=N2)[C@H](C(C)(C)O)OC(=O)C(C)(C)[C@H](CCCC(C)(Cl)Cl)OC(=O)c2csc1n2. The van der Waals surface area contributed by atoms with E-state index in [2.05, 4.69) is 20.6 Å². The Morgan fingerprint density at radius 2 is 1.84 bits per heavy atom. The maximum Gasteiger partial charge on any atom is 0.358 e. The molecule has 2 aliphatic rings. The predicted octanol–water partition coefficient (Wildman–Crippen LogP) is 4.20. The number of hydrogen-bond donors (Lipinski definition) is 3. The van der Waals surface area contributed by atoms with Crippen molar-refractivity contribution in [3.05, 3.63) is 16.1 Å². The number of thioether (sulfide) groups is 1. The molecule has 0 saturated carbocycles. The van der Waals surface area contributed by atoms with Crippen molar-refractivity contribution in [1.82, 2.24) is 15.6 Å². The number of aromatic nitrogens is 1. The largest absolute Gasteiger partial charge is 0.456 e. The number of aliphatic imine (C=N–C) groups is 1. The number of nitrogens with zero attached hydrogens (tertiary/aromatic N) is 2. The Labute approximate surface area is 270 Å². The van der Waals surface area contributed by atoms with Crippen LogP contribution in [-0.2, 0) is 23.9 Å².